The predicted molar refractivity (Wildman–Crippen MR) is 75.7 cm³/mol. The maximum absolute atomic E-state index is 12.1. The zero-order chi connectivity index (χ0) is 13.8. The summed E-state index contributed by atoms with van der Waals surface area (Å²) in [5.41, 5.74) is 1.96. The Kier molecular flexibility index (Phi) is 4.00. The van der Waals surface area contributed by atoms with E-state index in [4.69, 9.17) is 0 Å². The van der Waals surface area contributed by atoms with Gasteiger partial charge in [0.05, 0.1) is 5.69 Å². The highest BCUT2D eigenvalue weighted by atomic mass is 16.2. The van der Waals surface area contributed by atoms with E-state index in [0.29, 0.717) is 0 Å². The first kappa shape index (κ1) is 13.3. The fourth-order valence-corrected chi connectivity index (χ4v) is 2.05. The lowest BCUT2D eigenvalue weighted by atomic mass is 10.2. The Morgan fingerprint density at radius 2 is 1.95 bits per heavy atom. The molecule has 0 fully saturated rings. The molecule has 0 aliphatic carbocycles. The summed E-state index contributed by atoms with van der Waals surface area (Å²) < 4.78 is 1.75. The highest BCUT2D eigenvalue weighted by Gasteiger charge is 2.21. The summed E-state index contributed by atoms with van der Waals surface area (Å²) in [5, 5.41) is 4.52. The second-order valence-corrected chi connectivity index (χ2v) is 4.70. The minimum atomic E-state index is -0.229. The van der Waals surface area contributed by atoms with E-state index in [9.17, 15) is 4.79 Å². The molecule has 1 aromatic carbocycles. The summed E-state index contributed by atoms with van der Waals surface area (Å²) in [6.45, 7) is 2.00. The number of carbonyl (C=O) groups is 1. The lowest BCUT2D eigenvalue weighted by molar-refractivity contribution is -0.132. The molecule has 1 heterocycles. The molecular weight excluding hydrogens is 238 g/mol. The first-order chi connectivity index (χ1) is 9.13. The number of nitrogens with zero attached hydrogens (tertiary/aromatic N) is 3. The molecule has 2 aromatic rings. The molecule has 0 bridgehead atoms. The molecule has 0 spiro atoms. The first-order valence-electron chi connectivity index (χ1n) is 6.45. The normalized spacial score (nSPS) is 12.2. The molecule has 0 saturated heterocycles. The maximum Gasteiger partial charge on any atom is 0.246 e. The van der Waals surface area contributed by atoms with Gasteiger partial charge in [-0.25, -0.2) is 0 Å². The lowest BCUT2D eigenvalue weighted by Gasteiger charge is -2.19. The zero-order valence-corrected chi connectivity index (χ0v) is 11.6. The van der Waals surface area contributed by atoms with E-state index in [1.165, 1.54) is 0 Å². The van der Waals surface area contributed by atoms with E-state index in [0.717, 1.165) is 17.7 Å². The molecule has 0 N–H and O–H groups in total. The van der Waals surface area contributed by atoms with Gasteiger partial charge < -0.3 is 4.90 Å². The molecule has 4 nitrogen and oxygen atoms in total. The second-order valence-electron chi connectivity index (χ2n) is 4.70. The number of benzene rings is 1. The molecule has 1 unspecified atom stereocenters. The van der Waals surface area contributed by atoms with Crippen LogP contribution < -0.4 is 0 Å². The Balaban J connectivity index is 2.27. The summed E-state index contributed by atoms with van der Waals surface area (Å²) in [4.78, 5) is 13.7. The van der Waals surface area contributed by atoms with Gasteiger partial charge in [-0.15, -0.1) is 0 Å². The third kappa shape index (κ3) is 2.84. The summed E-state index contributed by atoms with van der Waals surface area (Å²) in [6.07, 6.45) is 2.60. The van der Waals surface area contributed by atoms with Crippen LogP contribution in [0.5, 0.6) is 0 Å². The number of amides is 1. The van der Waals surface area contributed by atoms with Gasteiger partial charge in [-0.1, -0.05) is 37.3 Å². The third-order valence-electron chi connectivity index (χ3n) is 3.11. The molecule has 0 radical (unpaired) electrons. The van der Waals surface area contributed by atoms with Crippen molar-refractivity contribution in [3.63, 3.8) is 0 Å². The first-order valence-corrected chi connectivity index (χ1v) is 6.45. The molecule has 100 valence electrons. The van der Waals surface area contributed by atoms with E-state index >= 15 is 0 Å². The average molecular weight is 257 g/mol. The van der Waals surface area contributed by atoms with E-state index in [-0.39, 0.29) is 11.9 Å². The standard InChI is InChI=1S/C15H19N3O/c1-4-14(15(19)17(2)3)18-11-10-13(16-18)12-8-6-5-7-9-12/h5-11,14H,4H2,1-3H3. The molecular formula is C15H19N3O. The topological polar surface area (TPSA) is 38.1 Å². The Morgan fingerprint density at radius 1 is 1.26 bits per heavy atom. The van der Waals surface area contributed by atoms with Crippen molar-refractivity contribution >= 4 is 5.91 Å². The smallest absolute Gasteiger partial charge is 0.246 e. The van der Waals surface area contributed by atoms with E-state index in [1.54, 1.807) is 23.7 Å². The van der Waals surface area contributed by atoms with Gasteiger partial charge in [0.2, 0.25) is 5.91 Å². The number of hydrogen-bond donors (Lipinski definition) is 0. The Morgan fingerprint density at radius 3 is 2.53 bits per heavy atom. The highest BCUT2D eigenvalue weighted by molar-refractivity contribution is 5.79. The highest BCUT2D eigenvalue weighted by Crippen LogP contribution is 2.19. The average Bonchev–Trinajstić information content (AvgIpc) is 2.90. The number of carbonyl (C=O) groups excluding carboxylic acids is 1. The van der Waals surface area contributed by atoms with Gasteiger partial charge in [-0.3, -0.25) is 9.48 Å². The molecule has 0 aliphatic heterocycles. The van der Waals surface area contributed by atoms with Crippen LogP contribution in [-0.4, -0.2) is 34.7 Å². The van der Waals surface area contributed by atoms with Crippen LogP contribution in [0.3, 0.4) is 0 Å². The van der Waals surface area contributed by atoms with Crippen molar-refractivity contribution in [3.8, 4) is 11.3 Å². The van der Waals surface area contributed by atoms with Gasteiger partial charge >= 0.3 is 0 Å². The Labute approximate surface area is 113 Å². The SMILES string of the molecule is CCC(C(=O)N(C)C)n1ccc(-c2ccccc2)n1. The van der Waals surface area contributed by atoms with Crippen LogP contribution in [0, 0.1) is 0 Å². The molecule has 1 amide bonds. The number of rotatable bonds is 4. The molecule has 19 heavy (non-hydrogen) atoms. The van der Waals surface area contributed by atoms with Crippen LogP contribution in [0.2, 0.25) is 0 Å². The van der Waals surface area contributed by atoms with E-state index < -0.39 is 0 Å². The fraction of sp³-hybridized carbons (Fsp3) is 0.333. The molecule has 4 heteroatoms. The largest absolute Gasteiger partial charge is 0.347 e. The quantitative estimate of drug-likeness (QED) is 0.844. The summed E-state index contributed by atoms with van der Waals surface area (Å²) in [7, 11) is 3.54. The van der Waals surface area contributed by atoms with Crippen LogP contribution in [0.4, 0.5) is 0 Å². The Bertz CT molecular complexity index is 546. The molecule has 2 rings (SSSR count). The van der Waals surface area contributed by atoms with Crippen LogP contribution in [-0.2, 0) is 4.79 Å². The second kappa shape index (κ2) is 5.69. The van der Waals surface area contributed by atoms with Gasteiger partial charge in [0.25, 0.3) is 0 Å². The third-order valence-corrected chi connectivity index (χ3v) is 3.11. The van der Waals surface area contributed by atoms with Crippen molar-refractivity contribution in [2.24, 2.45) is 0 Å². The van der Waals surface area contributed by atoms with E-state index in [1.807, 2.05) is 49.5 Å². The number of hydrogen-bond acceptors (Lipinski definition) is 2. The monoisotopic (exact) mass is 257 g/mol. The van der Waals surface area contributed by atoms with Crippen LogP contribution >= 0.6 is 0 Å². The van der Waals surface area contributed by atoms with Crippen molar-refractivity contribution < 1.29 is 4.79 Å². The van der Waals surface area contributed by atoms with Gasteiger partial charge in [0.15, 0.2) is 0 Å². The van der Waals surface area contributed by atoms with Crippen LogP contribution in [0.25, 0.3) is 11.3 Å². The van der Waals surface area contributed by atoms with Gasteiger partial charge in [-0.05, 0) is 12.5 Å². The van der Waals surface area contributed by atoms with Crippen molar-refractivity contribution in [2.75, 3.05) is 14.1 Å². The lowest BCUT2D eigenvalue weighted by Crippen LogP contribution is -2.31. The summed E-state index contributed by atoms with van der Waals surface area (Å²) >= 11 is 0. The fourth-order valence-electron chi connectivity index (χ4n) is 2.05. The Hall–Kier alpha value is -2.10. The van der Waals surface area contributed by atoms with Crippen LogP contribution in [0.1, 0.15) is 19.4 Å². The number of aromatic nitrogens is 2. The van der Waals surface area contributed by atoms with Crippen LogP contribution in [0.15, 0.2) is 42.6 Å². The molecule has 1 atom stereocenters. The minimum absolute atomic E-state index is 0.0743. The molecule has 0 saturated carbocycles. The minimum Gasteiger partial charge on any atom is -0.347 e. The van der Waals surface area contributed by atoms with Gasteiger partial charge in [-0.2, -0.15) is 5.10 Å². The predicted octanol–water partition coefficient (Wildman–Crippen LogP) is 2.59. The van der Waals surface area contributed by atoms with Crippen molar-refractivity contribution in [2.45, 2.75) is 19.4 Å². The molecule has 1 aromatic heterocycles. The molecule has 0 aliphatic rings. The number of likely N-dealkylation sites (N-methyl/N-ethyl adjacent to an activating group) is 1. The zero-order valence-electron chi connectivity index (χ0n) is 11.6. The summed E-state index contributed by atoms with van der Waals surface area (Å²) in [5.74, 6) is 0.0743. The maximum atomic E-state index is 12.1. The van der Waals surface area contributed by atoms with Crippen molar-refractivity contribution in [1.29, 1.82) is 0 Å². The van der Waals surface area contributed by atoms with E-state index in [2.05, 4.69) is 5.10 Å². The van der Waals surface area contributed by atoms with Crippen molar-refractivity contribution in [3.05, 3.63) is 42.6 Å². The summed E-state index contributed by atoms with van der Waals surface area (Å²) in [6, 6.07) is 11.7. The van der Waals surface area contributed by atoms with Crippen molar-refractivity contribution in [1.82, 2.24) is 14.7 Å². The van der Waals surface area contributed by atoms with Gasteiger partial charge in [0.1, 0.15) is 6.04 Å². The van der Waals surface area contributed by atoms with Gasteiger partial charge in [0, 0.05) is 25.9 Å².